The number of esters is 1. The van der Waals surface area contributed by atoms with E-state index >= 15 is 0 Å². The van der Waals surface area contributed by atoms with Crippen molar-refractivity contribution in [2.45, 2.75) is 65.1 Å². The number of rotatable bonds is 12. The summed E-state index contributed by atoms with van der Waals surface area (Å²) in [7, 11) is 0. The standard InChI is InChI=1S/C30H38N2O3/c1-4-30(5-2,26-13-12-23(24(16-26)19-31)18-29(33)34-6-3)27-14-15-28(25(17-27)20-32)35-21-22-10-8-7-9-11-22/h7-17H,4-6,18-21,31-32H2,1-3H3. The van der Waals surface area contributed by atoms with Crippen LogP contribution in [0.5, 0.6) is 5.75 Å². The SMILES string of the molecule is CCOC(=O)Cc1ccc(C(CC)(CC)c2ccc(OCc3ccccc3)c(CN)c2)cc1CN. The molecule has 0 saturated heterocycles. The van der Waals surface area contributed by atoms with E-state index in [-0.39, 0.29) is 17.8 Å². The van der Waals surface area contributed by atoms with Crippen LogP contribution in [0, 0.1) is 0 Å². The first-order valence-corrected chi connectivity index (χ1v) is 12.5. The van der Waals surface area contributed by atoms with Crippen LogP contribution in [0.25, 0.3) is 0 Å². The van der Waals surface area contributed by atoms with Gasteiger partial charge in [0.1, 0.15) is 12.4 Å². The lowest BCUT2D eigenvalue weighted by Crippen LogP contribution is -2.27. The maximum absolute atomic E-state index is 12.1. The molecule has 4 N–H and O–H groups in total. The summed E-state index contributed by atoms with van der Waals surface area (Å²) < 4.78 is 11.3. The molecular formula is C30H38N2O3. The van der Waals surface area contributed by atoms with Crippen LogP contribution in [0.1, 0.15) is 67.0 Å². The van der Waals surface area contributed by atoms with Crippen LogP contribution in [0.2, 0.25) is 0 Å². The third kappa shape index (κ3) is 6.11. The molecule has 0 heterocycles. The molecule has 5 nitrogen and oxygen atoms in total. The lowest BCUT2D eigenvalue weighted by Gasteiger charge is -2.34. The zero-order chi connectivity index (χ0) is 25.3. The maximum Gasteiger partial charge on any atom is 0.310 e. The van der Waals surface area contributed by atoms with Gasteiger partial charge < -0.3 is 20.9 Å². The Morgan fingerprint density at radius 3 is 2.03 bits per heavy atom. The highest BCUT2D eigenvalue weighted by Gasteiger charge is 2.32. The van der Waals surface area contributed by atoms with Gasteiger partial charge in [0.25, 0.3) is 0 Å². The summed E-state index contributed by atoms with van der Waals surface area (Å²) in [5.74, 6) is 0.583. The van der Waals surface area contributed by atoms with E-state index in [4.69, 9.17) is 20.9 Å². The van der Waals surface area contributed by atoms with Gasteiger partial charge in [-0.05, 0) is 59.7 Å². The fourth-order valence-electron chi connectivity index (χ4n) is 4.80. The van der Waals surface area contributed by atoms with Crippen molar-refractivity contribution in [3.8, 4) is 5.75 Å². The molecule has 5 heteroatoms. The normalized spacial score (nSPS) is 11.3. The second-order valence-electron chi connectivity index (χ2n) is 8.76. The molecule has 0 bridgehead atoms. The Morgan fingerprint density at radius 1 is 0.800 bits per heavy atom. The van der Waals surface area contributed by atoms with Crippen LogP contribution < -0.4 is 16.2 Å². The minimum atomic E-state index is -0.231. The van der Waals surface area contributed by atoms with Crippen molar-refractivity contribution < 1.29 is 14.3 Å². The molecule has 0 amide bonds. The van der Waals surface area contributed by atoms with Crippen molar-refractivity contribution >= 4 is 5.97 Å². The minimum Gasteiger partial charge on any atom is -0.489 e. The van der Waals surface area contributed by atoms with Crippen molar-refractivity contribution in [2.24, 2.45) is 11.5 Å². The number of carbonyl (C=O) groups is 1. The number of ether oxygens (including phenoxy) is 2. The average molecular weight is 475 g/mol. The highest BCUT2D eigenvalue weighted by Crippen LogP contribution is 2.41. The average Bonchev–Trinajstić information content (AvgIpc) is 2.90. The Morgan fingerprint density at radius 2 is 1.43 bits per heavy atom. The predicted octanol–water partition coefficient (Wildman–Crippen LogP) is 5.39. The molecule has 0 aromatic heterocycles. The molecule has 0 saturated carbocycles. The largest absolute Gasteiger partial charge is 0.489 e. The van der Waals surface area contributed by atoms with Gasteiger partial charge in [-0.2, -0.15) is 0 Å². The van der Waals surface area contributed by atoms with E-state index < -0.39 is 0 Å². The number of hydrogen-bond donors (Lipinski definition) is 2. The van der Waals surface area contributed by atoms with E-state index in [1.165, 1.54) is 11.1 Å². The van der Waals surface area contributed by atoms with Gasteiger partial charge in [0, 0.05) is 24.1 Å². The van der Waals surface area contributed by atoms with Gasteiger partial charge in [-0.15, -0.1) is 0 Å². The van der Waals surface area contributed by atoms with Crippen LogP contribution >= 0.6 is 0 Å². The molecule has 3 rings (SSSR count). The van der Waals surface area contributed by atoms with Crippen LogP contribution in [-0.2, 0) is 41.1 Å². The molecule has 0 aliphatic rings. The number of hydrogen-bond acceptors (Lipinski definition) is 5. The Balaban J connectivity index is 1.94. The molecule has 0 unspecified atom stereocenters. The second-order valence-corrected chi connectivity index (χ2v) is 8.76. The Hall–Kier alpha value is -3.15. The van der Waals surface area contributed by atoms with Crippen molar-refractivity contribution in [2.75, 3.05) is 6.61 Å². The Labute approximate surface area is 209 Å². The van der Waals surface area contributed by atoms with Gasteiger partial charge in [0.2, 0.25) is 0 Å². The minimum absolute atomic E-state index is 0.200. The fourth-order valence-corrected chi connectivity index (χ4v) is 4.80. The Bertz CT molecular complexity index is 1110. The molecule has 3 aromatic rings. The van der Waals surface area contributed by atoms with Crippen molar-refractivity contribution in [1.29, 1.82) is 0 Å². The number of nitrogens with two attached hydrogens (primary N) is 2. The zero-order valence-corrected chi connectivity index (χ0v) is 21.2. The van der Waals surface area contributed by atoms with Gasteiger partial charge in [-0.1, -0.05) is 68.4 Å². The van der Waals surface area contributed by atoms with Gasteiger partial charge in [-0.3, -0.25) is 4.79 Å². The van der Waals surface area contributed by atoms with E-state index in [0.717, 1.165) is 40.8 Å². The van der Waals surface area contributed by atoms with Gasteiger partial charge in [-0.25, -0.2) is 0 Å². The number of benzene rings is 3. The molecule has 3 aromatic carbocycles. The monoisotopic (exact) mass is 474 g/mol. The molecule has 0 radical (unpaired) electrons. The van der Waals surface area contributed by atoms with Crippen LogP contribution in [0.3, 0.4) is 0 Å². The van der Waals surface area contributed by atoms with Crippen molar-refractivity contribution in [3.05, 3.63) is 100 Å². The smallest absolute Gasteiger partial charge is 0.310 e. The van der Waals surface area contributed by atoms with Gasteiger partial charge in [0.05, 0.1) is 13.0 Å². The molecule has 0 aliphatic carbocycles. The van der Waals surface area contributed by atoms with E-state index in [0.29, 0.717) is 26.3 Å². The first-order chi connectivity index (χ1) is 17.0. The van der Waals surface area contributed by atoms with Gasteiger partial charge >= 0.3 is 5.97 Å². The molecule has 0 aliphatic heterocycles. The molecule has 186 valence electrons. The second kappa shape index (κ2) is 12.5. The zero-order valence-electron chi connectivity index (χ0n) is 21.2. The highest BCUT2D eigenvalue weighted by atomic mass is 16.5. The topological polar surface area (TPSA) is 87.6 Å². The summed E-state index contributed by atoms with van der Waals surface area (Å²) in [6, 6.07) is 22.8. The quantitative estimate of drug-likeness (QED) is 0.344. The summed E-state index contributed by atoms with van der Waals surface area (Å²) in [5, 5.41) is 0. The molecule has 0 atom stereocenters. The summed E-state index contributed by atoms with van der Waals surface area (Å²) in [5.41, 5.74) is 18.4. The third-order valence-corrected chi connectivity index (χ3v) is 6.90. The molecule has 35 heavy (non-hydrogen) atoms. The first-order valence-electron chi connectivity index (χ1n) is 12.5. The maximum atomic E-state index is 12.1. The Kier molecular flexibility index (Phi) is 9.47. The van der Waals surface area contributed by atoms with E-state index in [1.807, 2.05) is 37.3 Å². The number of carbonyl (C=O) groups excluding carboxylic acids is 1. The third-order valence-electron chi connectivity index (χ3n) is 6.90. The van der Waals surface area contributed by atoms with E-state index in [2.05, 4.69) is 50.2 Å². The lowest BCUT2D eigenvalue weighted by atomic mass is 9.69. The van der Waals surface area contributed by atoms with Crippen molar-refractivity contribution in [3.63, 3.8) is 0 Å². The summed E-state index contributed by atoms with van der Waals surface area (Å²) in [6.45, 7) is 7.87. The molecule has 0 spiro atoms. The van der Waals surface area contributed by atoms with E-state index in [1.54, 1.807) is 0 Å². The summed E-state index contributed by atoms with van der Waals surface area (Å²) >= 11 is 0. The summed E-state index contributed by atoms with van der Waals surface area (Å²) in [6.07, 6.45) is 2.06. The fraction of sp³-hybridized carbons (Fsp3) is 0.367. The summed E-state index contributed by atoms with van der Waals surface area (Å²) in [4.78, 5) is 12.1. The van der Waals surface area contributed by atoms with Crippen LogP contribution in [0.4, 0.5) is 0 Å². The van der Waals surface area contributed by atoms with Crippen LogP contribution in [-0.4, -0.2) is 12.6 Å². The predicted molar refractivity (Wildman–Crippen MR) is 141 cm³/mol. The highest BCUT2D eigenvalue weighted by molar-refractivity contribution is 5.73. The van der Waals surface area contributed by atoms with E-state index in [9.17, 15) is 4.79 Å². The van der Waals surface area contributed by atoms with Crippen LogP contribution in [0.15, 0.2) is 66.7 Å². The van der Waals surface area contributed by atoms with Crippen molar-refractivity contribution in [1.82, 2.24) is 0 Å². The first kappa shape index (κ1) is 26.5. The molecule has 0 fully saturated rings. The van der Waals surface area contributed by atoms with Gasteiger partial charge in [0.15, 0.2) is 0 Å². The molecular weight excluding hydrogens is 436 g/mol. The lowest BCUT2D eigenvalue weighted by molar-refractivity contribution is -0.142.